The third-order valence-corrected chi connectivity index (χ3v) is 6.42. The summed E-state index contributed by atoms with van der Waals surface area (Å²) in [6.45, 7) is 0. The monoisotopic (exact) mass is 384 g/mol. The van der Waals surface area contributed by atoms with Crippen molar-refractivity contribution in [2.45, 2.75) is 0 Å². The van der Waals surface area contributed by atoms with E-state index in [9.17, 15) is 0 Å². The Kier molecular flexibility index (Phi) is 3.13. The van der Waals surface area contributed by atoms with Crippen LogP contribution < -0.4 is 0 Å². The Balaban J connectivity index is 1.88. The highest BCUT2D eigenvalue weighted by Crippen LogP contribution is 2.45. The van der Waals surface area contributed by atoms with Crippen LogP contribution in [0.2, 0.25) is 5.02 Å². The SMILES string of the molecule is Clc1cccc(-c2nc3ccccc3c3c2sc2[nH]c4ccccc4c23)c1. The summed E-state index contributed by atoms with van der Waals surface area (Å²) in [7, 11) is 0. The molecule has 4 heteroatoms. The molecule has 0 aliphatic carbocycles. The Hall–Kier alpha value is -2.88. The maximum Gasteiger partial charge on any atom is 0.102 e. The lowest BCUT2D eigenvalue weighted by Gasteiger charge is -2.07. The Morgan fingerprint density at radius 1 is 0.815 bits per heavy atom. The molecule has 1 N–H and O–H groups in total. The van der Waals surface area contributed by atoms with E-state index >= 15 is 0 Å². The van der Waals surface area contributed by atoms with Crippen molar-refractivity contribution < 1.29 is 0 Å². The van der Waals surface area contributed by atoms with Crippen molar-refractivity contribution in [2.75, 3.05) is 0 Å². The minimum Gasteiger partial charge on any atom is -0.346 e. The second kappa shape index (κ2) is 5.56. The number of aromatic amines is 1. The molecule has 0 radical (unpaired) electrons. The topological polar surface area (TPSA) is 28.7 Å². The predicted molar refractivity (Wildman–Crippen MR) is 117 cm³/mol. The molecule has 0 saturated heterocycles. The van der Waals surface area contributed by atoms with Crippen molar-refractivity contribution in [3.8, 4) is 11.3 Å². The van der Waals surface area contributed by atoms with Crippen LogP contribution in [0.1, 0.15) is 0 Å². The van der Waals surface area contributed by atoms with Gasteiger partial charge < -0.3 is 4.98 Å². The zero-order valence-electron chi connectivity index (χ0n) is 14.2. The first-order valence-electron chi connectivity index (χ1n) is 8.77. The lowest BCUT2D eigenvalue weighted by molar-refractivity contribution is 1.44. The summed E-state index contributed by atoms with van der Waals surface area (Å²) in [5.41, 5.74) is 4.21. The number of halogens is 1. The molecule has 3 aromatic carbocycles. The number of hydrogen-bond acceptors (Lipinski definition) is 2. The second-order valence-corrected chi connectivity index (χ2v) is 8.13. The van der Waals surface area contributed by atoms with Gasteiger partial charge in [-0.25, -0.2) is 4.98 Å². The van der Waals surface area contributed by atoms with E-state index in [0.717, 1.165) is 21.8 Å². The van der Waals surface area contributed by atoms with Gasteiger partial charge in [0, 0.05) is 37.6 Å². The number of rotatable bonds is 1. The maximum atomic E-state index is 6.27. The number of nitrogens with zero attached hydrogens (tertiary/aromatic N) is 1. The van der Waals surface area contributed by atoms with Gasteiger partial charge in [0.1, 0.15) is 4.83 Å². The smallest absolute Gasteiger partial charge is 0.102 e. The van der Waals surface area contributed by atoms with Crippen LogP contribution in [-0.2, 0) is 0 Å². The van der Waals surface area contributed by atoms with E-state index in [4.69, 9.17) is 16.6 Å². The van der Waals surface area contributed by atoms with E-state index in [0.29, 0.717) is 0 Å². The lowest BCUT2D eigenvalue weighted by atomic mass is 10.0. The zero-order valence-corrected chi connectivity index (χ0v) is 15.7. The molecule has 0 fully saturated rings. The minimum absolute atomic E-state index is 0.725. The van der Waals surface area contributed by atoms with Gasteiger partial charge in [0.05, 0.1) is 15.9 Å². The summed E-state index contributed by atoms with van der Waals surface area (Å²) in [6.07, 6.45) is 0. The first-order chi connectivity index (χ1) is 13.3. The van der Waals surface area contributed by atoms with Gasteiger partial charge in [0.15, 0.2) is 0 Å². The molecule has 0 saturated carbocycles. The highest BCUT2D eigenvalue weighted by molar-refractivity contribution is 7.26. The van der Waals surface area contributed by atoms with Crippen molar-refractivity contribution in [2.24, 2.45) is 0 Å². The van der Waals surface area contributed by atoms with Crippen LogP contribution in [0.15, 0.2) is 72.8 Å². The number of para-hydroxylation sites is 2. The van der Waals surface area contributed by atoms with Gasteiger partial charge in [-0.2, -0.15) is 0 Å². The van der Waals surface area contributed by atoms with Crippen LogP contribution in [0.3, 0.4) is 0 Å². The van der Waals surface area contributed by atoms with Crippen LogP contribution >= 0.6 is 22.9 Å². The molecule has 0 unspecified atom stereocenters. The minimum atomic E-state index is 0.725. The molecule has 0 bridgehead atoms. The summed E-state index contributed by atoms with van der Waals surface area (Å²) in [6, 6.07) is 24.8. The van der Waals surface area contributed by atoms with E-state index in [2.05, 4.69) is 53.5 Å². The van der Waals surface area contributed by atoms with E-state index in [1.165, 1.54) is 36.6 Å². The highest BCUT2D eigenvalue weighted by Gasteiger charge is 2.18. The third kappa shape index (κ3) is 2.16. The summed E-state index contributed by atoms with van der Waals surface area (Å²) in [4.78, 5) is 9.78. The summed E-state index contributed by atoms with van der Waals surface area (Å²) < 4.78 is 1.20. The number of thiophene rings is 1. The van der Waals surface area contributed by atoms with E-state index in [-0.39, 0.29) is 0 Å². The molecule has 128 valence electrons. The van der Waals surface area contributed by atoms with Crippen molar-refractivity contribution in [1.82, 2.24) is 9.97 Å². The van der Waals surface area contributed by atoms with Gasteiger partial charge in [0.2, 0.25) is 0 Å². The molecular formula is C23H13ClN2S. The second-order valence-electron chi connectivity index (χ2n) is 6.67. The fourth-order valence-electron chi connectivity index (χ4n) is 3.92. The average Bonchev–Trinajstić information content (AvgIpc) is 3.23. The molecule has 0 spiro atoms. The number of H-pyrrole nitrogens is 1. The Labute approximate surface area is 164 Å². The van der Waals surface area contributed by atoms with Crippen LogP contribution in [0.5, 0.6) is 0 Å². The standard InChI is InChI=1S/C23H13ClN2S/c24-14-7-5-6-13(12-14)21-22-19(15-8-1-3-10-17(15)25-21)20-16-9-2-4-11-18(16)26-23(20)27-22/h1-12,26H. The van der Waals surface area contributed by atoms with Gasteiger partial charge in [-0.1, -0.05) is 60.1 Å². The molecular weight excluding hydrogens is 372 g/mol. The molecule has 6 rings (SSSR count). The van der Waals surface area contributed by atoms with Crippen molar-refractivity contribution in [3.05, 3.63) is 77.8 Å². The maximum absolute atomic E-state index is 6.27. The van der Waals surface area contributed by atoms with Crippen molar-refractivity contribution in [3.63, 3.8) is 0 Å². The van der Waals surface area contributed by atoms with Gasteiger partial charge in [0.25, 0.3) is 0 Å². The van der Waals surface area contributed by atoms with Gasteiger partial charge in [-0.15, -0.1) is 11.3 Å². The van der Waals surface area contributed by atoms with Crippen molar-refractivity contribution >= 4 is 65.0 Å². The lowest BCUT2D eigenvalue weighted by Crippen LogP contribution is -1.87. The number of aromatic nitrogens is 2. The number of hydrogen-bond donors (Lipinski definition) is 1. The van der Waals surface area contributed by atoms with Crippen LogP contribution in [0, 0.1) is 0 Å². The average molecular weight is 385 g/mol. The van der Waals surface area contributed by atoms with Gasteiger partial charge in [-0.3, -0.25) is 0 Å². The van der Waals surface area contributed by atoms with Gasteiger partial charge in [-0.05, 0) is 24.3 Å². The molecule has 3 aromatic heterocycles. The number of nitrogens with one attached hydrogen (secondary N) is 1. The first-order valence-corrected chi connectivity index (χ1v) is 9.96. The fraction of sp³-hybridized carbons (Fsp3) is 0. The Bertz CT molecular complexity index is 1490. The molecule has 2 nitrogen and oxygen atoms in total. The normalized spacial score (nSPS) is 11.9. The van der Waals surface area contributed by atoms with Crippen molar-refractivity contribution in [1.29, 1.82) is 0 Å². The zero-order chi connectivity index (χ0) is 18.0. The third-order valence-electron chi connectivity index (χ3n) is 5.07. The largest absolute Gasteiger partial charge is 0.346 e. The van der Waals surface area contributed by atoms with Crippen LogP contribution in [0.4, 0.5) is 0 Å². The Morgan fingerprint density at radius 3 is 2.52 bits per heavy atom. The number of pyridine rings is 1. The first kappa shape index (κ1) is 15.2. The van der Waals surface area contributed by atoms with E-state index in [1.54, 1.807) is 11.3 Å². The van der Waals surface area contributed by atoms with E-state index < -0.39 is 0 Å². The molecule has 27 heavy (non-hydrogen) atoms. The number of fused-ring (bicyclic) bond motifs is 7. The fourth-order valence-corrected chi connectivity index (χ4v) is 5.36. The van der Waals surface area contributed by atoms with Crippen LogP contribution in [0.25, 0.3) is 53.4 Å². The molecule has 0 amide bonds. The highest BCUT2D eigenvalue weighted by atomic mass is 35.5. The molecule has 6 aromatic rings. The summed E-state index contributed by atoms with van der Waals surface area (Å²) in [5, 5.41) is 5.73. The predicted octanol–water partition coefficient (Wildman–Crippen LogP) is 7.40. The number of benzene rings is 3. The summed E-state index contributed by atoms with van der Waals surface area (Å²) in [5.74, 6) is 0. The van der Waals surface area contributed by atoms with E-state index in [1.807, 2.05) is 24.3 Å². The van der Waals surface area contributed by atoms with Gasteiger partial charge >= 0.3 is 0 Å². The van der Waals surface area contributed by atoms with Crippen LogP contribution in [-0.4, -0.2) is 9.97 Å². The molecule has 0 aliphatic heterocycles. The quantitative estimate of drug-likeness (QED) is 0.314. The molecule has 0 atom stereocenters. The Morgan fingerprint density at radius 2 is 1.63 bits per heavy atom. The molecule has 0 aliphatic rings. The summed E-state index contributed by atoms with van der Waals surface area (Å²) >= 11 is 8.04. The molecule has 3 heterocycles.